The minimum Gasteiger partial charge on any atom is -0.350 e. The van der Waals surface area contributed by atoms with Gasteiger partial charge in [-0.15, -0.1) is 11.3 Å². The molecule has 1 aromatic heterocycles. The van der Waals surface area contributed by atoms with Crippen LogP contribution in [0.2, 0.25) is 5.02 Å². The normalized spacial score (nSPS) is 13.7. The number of aryl methyl sites for hydroxylation is 3. The van der Waals surface area contributed by atoms with Crippen LogP contribution in [-0.4, -0.2) is 22.7 Å². The van der Waals surface area contributed by atoms with Crippen LogP contribution < -0.4 is 15.5 Å². The number of carbonyl (C=O) groups excluding carboxylic acids is 3. The van der Waals surface area contributed by atoms with Gasteiger partial charge in [0.05, 0.1) is 11.4 Å². The first-order chi connectivity index (χ1) is 15.7. The molecule has 2 heterocycles. The number of nitrogens with one attached hydrogen (secondary N) is 2. The fraction of sp³-hybridized carbons (Fsp3) is 0.130. The van der Waals surface area contributed by atoms with E-state index < -0.39 is 11.8 Å². The van der Waals surface area contributed by atoms with E-state index in [1.165, 1.54) is 11.3 Å². The topological polar surface area (TPSA) is 91.4 Å². The number of hydrogen-bond acceptors (Lipinski definition) is 6. The van der Waals surface area contributed by atoms with E-state index >= 15 is 0 Å². The molecule has 0 aliphatic carbocycles. The summed E-state index contributed by atoms with van der Waals surface area (Å²) in [6.07, 6.45) is 0. The predicted molar refractivity (Wildman–Crippen MR) is 131 cm³/mol. The maximum Gasteiger partial charge on any atom is 0.283 e. The van der Waals surface area contributed by atoms with Crippen molar-refractivity contribution in [2.24, 2.45) is 0 Å². The number of hydrogen-bond donors (Lipinski definition) is 2. The summed E-state index contributed by atoms with van der Waals surface area (Å²) >= 11 is 13.7. The predicted octanol–water partition coefficient (Wildman–Crippen LogP) is 5.41. The largest absolute Gasteiger partial charge is 0.350 e. The smallest absolute Gasteiger partial charge is 0.283 e. The summed E-state index contributed by atoms with van der Waals surface area (Å²) in [7, 11) is 0. The summed E-state index contributed by atoms with van der Waals surface area (Å²) in [6, 6.07) is 11.3. The molecule has 10 heteroatoms. The molecule has 33 heavy (non-hydrogen) atoms. The molecule has 2 aromatic carbocycles. The highest BCUT2D eigenvalue weighted by atomic mass is 35.5. The van der Waals surface area contributed by atoms with Crippen LogP contribution in [0.4, 0.5) is 16.5 Å². The monoisotopic (exact) mass is 500 g/mol. The van der Waals surface area contributed by atoms with E-state index in [1.807, 2.05) is 20.8 Å². The zero-order valence-electron chi connectivity index (χ0n) is 17.8. The number of rotatable bonds is 5. The SMILES string of the molecule is Cc1ccc(N2C(=O)C(Cl)=C(Nc3ccc(C(=O)Nc4nc(C)c(C)s4)cc3)C2=O)cc1Cl. The number of amides is 3. The Morgan fingerprint density at radius 3 is 2.30 bits per heavy atom. The Morgan fingerprint density at radius 2 is 1.70 bits per heavy atom. The number of imide groups is 1. The number of halogens is 2. The molecular formula is C23H18Cl2N4O3S. The first-order valence-corrected chi connectivity index (χ1v) is 11.4. The average Bonchev–Trinajstić information content (AvgIpc) is 3.20. The van der Waals surface area contributed by atoms with Gasteiger partial charge in [0.1, 0.15) is 10.7 Å². The molecule has 2 N–H and O–H groups in total. The Balaban J connectivity index is 1.49. The van der Waals surface area contributed by atoms with E-state index in [2.05, 4.69) is 15.6 Å². The Hall–Kier alpha value is -3.20. The first kappa shape index (κ1) is 23.0. The van der Waals surface area contributed by atoms with Crippen LogP contribution >= 0.6 is 34.5 Å². The van der Waals surface area contributed by atoms with Gasteiger partial charge in [-0.2, -0.15) is 0 Å². The third-order valence-electron chi connectivity index (χ3n) is 5.11. The summed E-state index contributed by atoms with van der Waals surface area (Å²) in [5.74, 6) is -1.54. The van der Waals surface area contributed by atoms with E-state index in [-0.39, 0.29) is 16.6 Å². The standard InChI is InChI=1S/C23H18Cl2N4O3S/c1-11-4-9-16(10-17(11)24)29-21(31)18(25)19(22(29)32)27-15-7-5-14(6-8-15)20(30)28-23-26-12(2)13(3)33-23/h4-10,27H,1-3H3,(H,26,28,30). The average molecular weight is 501 g/mol. The third-order valence-corrected chi connectivity index (χ3v) is 6.85. The van der Waals surface area contributed by atoms with E-state index in [0.29, 0.717) is 27.1 Å². The van der Waals surface area contributed by atoms with Crippen molar-refractivity contribution in [3.63, 3.8) is 0 Å². The van der Waals surface area contributed by atoms with Crippen LogP contribution in [0.15, 0.2) is 53.2 Å². The number of benzene rings is 2. The highest BCUT2D eigenvalue weighted by molar-refractivity contribution is 7.15. The van der Waals surface area contributed by atoms with Gasteiger partial charge in [0.15, 0.2) is 5.13 Å². The Bertz CT molecular complexity index is 1310. The molecule has 1 aliphatic heterocycles. The molecule has 0 unspecified atom stereocenters. The minimum absolute atomic E-state index is 0.0516. The van der Waals surface area contributed by atoms with Gasteiger partial charge < -0.3 is 5.32 Å². The molecule has 0 spiro atoms. The highest BCUT2D eigenvalue weighted by Crippen LogP contribution is 2.32. The molecule has 1 aliphatic rings. The van der Waals surface area contributed by atoms with Crippen molar-refractivity contribution < 1.29 is 14.4 Å². The van der Waals surface area contributed by atoms with Gasteiger partial charge in [-0.3, -0.25) is 19.7 Å². The lowest BCUT2D eigenvalue weighted by Gasteiger charge is -2.16. The lowest BCUT2D eigenvalue weighted by molar-refractivity contribution is -0.120. The fourth-order valence-corrected chi connectivity index (χ4v) is 4.31. The molecule has 0 bridgehead atoms. The molecule has 4 rings (SSSR count). The van der Waals surface area contributed by atoms with Gasteiger partial charge in [-0.05, 0) is 62.7 Å². The fourth-order valence-electron chi connectivity index (χ4n) is 3.11. The Kier molecular flexibility index (Phi) is 6.25. The molecule has 168 valence electrons. The van der Waals surface area contributed by atoms with E-state index in [0.717, 1.165) is 21.0 Å². The van der Waals surface area contributed by atoms with E-state index in [4.69, 9.17) is 23.2 Å². The number of nitrogens with zero attached hydrogens (tertiary/aromatic N) is 2. The number of aromatic nitrogens is 1. The van der Waals surface area contributed by atoms with Crippen LogP contribution in [0.5, 0.6) is 0 Å². The van der Waals surface area contributed by atoms with Crippen LogP contribution in [0.3, 0.4) is 0 Å². The van der Waals surface area contributed by atoms with Crippen LogP contribution in [0.1, 0.15) is 26.5 Å². The molecule has 0 saturated carbocycles. The lowest BCUT2D eigenvalue weighted by Crippen LogP contribution is -2.32. The molecule has 0 radical (unpaired) electrons. The highest BCUT2D eigenvalue weighted by Gasteiger charge is 2.39. The zero-order valence-corrected chi connectivity index (χ0v) is 20.2. The molecule has 3 amide bonds. The summed E-state index contributed by atoms with van der Waals surface area (Å²) in [5, 5.41) is 6.38. The Labute approximate surface area is 204 Å². The molecule has 3 aromatic rings. The van der Waals surface area contributed by atoms with Crippen molar-refractivity contribution in [1.82, 2.24) is 4.98 Å². The maximum atomic E-state index is 12.9. The van der Waals surface area contributed by atoms with Crippen LogP contribution in [0, 0.1) is 20.8 Å². The van der Waals surface area contributed by atoms with Crippen molar-refractivity contribution >= 4 is 68.8 Å². The van der Waals surface area contributed by atoms with Gasteiger partial charge >= 0.3 is 0 Å². The van der Waals surface area contributed by atoms with Gasteiger partial charge in [0.2, 0.25) is 0 Å². The van der Waals surface area contributed by atoms with Crippen LogP contribution in [0.25, 0.3) is 0 Å². The first-order valence-electron chi connectivity index (χ1n) is 9.83. The molecule has 0 fully saturated rings. The summed E-state index contributed by atoms with van der Waals surface area (Å²) in [6.45, 7) is 5.64. The van der Waals surface area contributed by atoms with Crippen molar-refractivity contribution in [1.29, 1.82) is 0 Å². The molecule has 7 nitrogen and oxygen atoms in total. The number of anilines is 3. The van der Waals surface area contributed by atoms with Crippen molar-refractivity contribution in [2.75, 3.05) is 15.5 Å². The summed E-state index contributed by atoms with van der Waals surface area (Å²) in [4.78, 5) is 44.3. The molecule has 0 atom stereocenters. The third kappa shape index (κ3) is 4.50. The lowest BCUT2D eigenvalue weighted by atomic mass is 10.2. The van der Waals surface area contributed by atoms with Gasteiger partial charge in [0.25, 0.3) is 17.7 Å². The van der Waals surface area contributed by atoms with Gasteiger partial charge in [-0.25, -0.2) is 9.88 Å². The Morgan fingerprint density at radius 1 is 1.00 bits per heavy atom. The van der Waals surface area contributed by atoms with Crippen molar-refractivity contribution in [3.05, 3.63) is 79.9 Å². The van der Waals surface area contributed by atoms with Crippen LogP contribution in [-0.2, 0) is 9.59 Å². The van der Waals surface area contributed by atoms with E-state index in [9.17, 15) is 14.4 Å². The van der Waals surface area contributed by atoms with E-state index in [1.54, 1.807) is 42.5 Å². The number of thiazole rings is 1. The second kappa shape index (κ2) is 8.97. The quantitative estimate of drug-likeness (QED) is 0.457. The van der Waals surface area contributed by atoms with Crippen molar-refractivity contribution in [3.8, 4) is 0 Å². The summed E-state index contributed by atoms with van der Waals surface area (Å²) < 4.78 is 0. The number of carbonyl (C=O) groups is 3. The summed E-state index contributed by atoms with van der Waals surface area (Å²) in [5.41, 5.74) is 2.87. The molecular weight excluding hydrogens is 483 g/mol. The van der Waals surface area contributed by atoms with Gasteiger partial charge in [0, 0.05) is 21.2 Å². The second-order valence-corrected chi connectivity index (χ2v) is 9.37. The maximum absolute atomic E-state index is 12.9. The van der Waals surface area contributed by atoms with Crippen molar-refractivity contribution in [2.45, 2.75) is 20.8 Å². The zero-order chi connectivity index (χ0) is 23.9. The van der Waals surface area contributed by atoms with Gasteiger partial charge in [-0.1, -0.05) is 29.3 Å². The second-order valence-electron chi connectivity index (χ2n) is 7.39. The molecule has 0 saturated heterocycles. The minimum atomic E-state index is -0.644.